The molecule has 1 heterocycles. The molecule has 1 aliphatic carbocycles. The molecule has 0 amide bonds. The van der Waals surface area contributed by atoms with Crippen LogP contribution in [0.1, 0.15) is 20.3 Å². The van der Waals surface area contributed by atoms with E-state index in [0.717, 1.165) is 0 Å². The zero-order chi connectivity index (χ0) is 12.8. The van der Waals surface area contributed by atoms with Crippen molar-refractivity contribution in [3.63, 3.8) is 0 Å². The Balaban J connectivity index is 2.18. The van der Waals surface area contributed by atoms with Gasteiger partial charge in [0.15, 0.2) is 0 Å². The second-order valence-corrected chi connectivity index (χ2v) is 6.58. The highest BCUT2D eigenvalue weighted by Crippen LogP contribution is 2.41. The number of nitrogen functional groups attached to an aromatic ring is 1. The van der Waals surface area contributed by atoms with Crippen LogP contribution >= 0.6 is 0 Å². The highest BCUT2D eigenvalue weighted by Gasteiger charge is 2.49. The average molecular weight is 260 g/mol. The molecular formula is C9H16N4O3S. The molecule has 2 rings (SSSR count). The van der Waals surface area contributed by atoms with Crippen molar-refractivity contribution in [1.82, 2.24) is 14.9 Å². The first kappa shape index (κ1) is 12.3. The highest BCUT2D eigenvalue weighted by atomic mass is 32.2. The van der Waals surface area contributed by atoms with E-state index in [1.165, 1.54) is 6.20 Å². The quantitative estimate of drug-likeness (QED) is 0.580. The van der Waals surface area contributed by atoms with Gasteiger partial charge in [-0.1, -0.05) is 13.8 Å². The third-order valence-corrected chi connectivity index (χ3v) is 4.93. The van der Waals surface area contributed by atoms with Gasteiger partial charge in [-0.15, -0.1) is 0 Å². The van der Waals surface area contributed by atoms with Crippen molar-refractivity contribution in [2.24, 2.45) is 5.41 Å². The summed E-state index contributed by atoms with van der Waals surface area (Å²) in [6.07, 6.45) is 1.08. The van der Waals surface area contributed by atoms with E-state index in [0.29, 0.717) is 6.42 Å². The van der Waals surface area contributed by atoms with Gasteiger partial charge >= 0.3 is 0 Å². The van der Waals surface area contributed by atoms with Gasteiger partial charge in [0.1, 0.15) is 10.7 Å². The molecule has 2 atom stereocenters. The van der Waals surface area contributed by atoms with Crippen LogP contribution in [0.15, 0.2) is 11.1 Å². The molecule has 1 aliphatic rings. The van der Waals surface area contributed by atoms with Gasteiger partial charge in [-0.05, 0) is 6.42 Å². The van der Waals surface area contributed by atoms with Gasteiger partial charge in [-0.2, -0.15) is 5.10 Å². The van der Waals surface area contributed by atoms with E-state index in [1.54, 1.807) is 0 Å². The summed E-state index contributed by atoms with van der Waals surface area (Å²) in [5, 5.41) is 15.5. The number of sulfonamides is 1. The van der Waals surface area contributed by atoms with Crippen molar-refractivity contribution < 1.29 is 13.5 Å². The zero-order valence-corrected chi connectivity index (χ0v) is 10.5. The Morgan fingerprint density at radius 1 is 1.65 bits per heavy atom. The number of aromatic nitrogens is 2. The molecule has 0 aliphatic heterocycles. The molecule has 0 aromatic carbocycles. The molecule has 0 bridgehead atoms. The molecule has 1 fully saturated rings. The predicted octanol–water partition coefficient (Wildman–Crippen LogP) is -0.570. The molecule has 5 N–H and O–H groups in total. The smallest absolute Gasteiger partial charge is 0.246 e. The lowest BCUT2D eigenvalue weighted by Gasteiger charge is -2.49. The fraction of sp³-hybridized carbons (Fsp3) is 0.667. The van der Waals surface area contributed by atoms with Crippen LogP contribution in [-0.2, 0) is 10.0 Å². The van der Waals surface area contributed by atoms with E-state index < -0.39 is 21.5 Å². The van der Waals surface area contributed by atoms with Crippen LogP contribution in [0.2, 0.25) is 0 Å². The number of aliphatic hydroxyl groups excluding tert-OH is 1. The summed E-state index contributed by atoms with van der Waals surface area (Å²) in [7, 11) is -3.68. The maximum atomic E-state index is 12.0. The van der Waals surface area contributed by atoms with Gasteiger partial charge in [0.05, 0.1) is 12.3 Å². The minimum atomic E-state index is -3.68. The van der Waals surface area contributed by atoms with E-state index in [1.807, 2.05) is 13.8 Å². The van der Waals surface area contributed by atoms with Crippen molar-refractivity contribution in [3.8, 4) is 0 Å². The van der Waals surface area contributed by atoms with Crippen molar-refractivity contribution in [3.05, 3.63) is 6.20 Å². The summed E-state index contributed by atoms with van der Waals surface area (Å²) in [5.74, 6) is 0.00942. The van der Waals surface area contributed by atoms with E-state index in [4.69, 9.17) is 5.73 Å². The van der Waals surface area contributed by atoms with E-state index in [2.05, 4.69) is 14.9 Å². The van der Waals surface area contributed by atoms with Gasteiger partial charge < -0.3 is 10.8 Å². The first-order valence-corrected chi connectivity index (χ1v) is 6.72. The maximum Gasteiger partial charge on any atom is 0.246 e. The summed E-state index contributed by atoms with van der Waals surface area (Å²) in [4.78, 5) is -0.0605. The number of hydrogen-bond donors (Lipinski definition) is 4. The number of hydrogen-bond acceptors (Lipinski definition) is 5. The number of aliphatic hydroxyl groups is 1. The standard InChI is InChI=1S/C9H16N4O3S/c1-9(2)6(3-7(9)14)13-17(15,16)5-4-11-12-8(5)10/h4,6-7,13-14H,3H2,1-2H3,(H3,10,11,12). The predicted molar refractivity (Wildman–Crippen MR) is 61.5 cm³/mol. The Morgan fingerprint density at radius 3 is 2.71 bits per heavy atom. The fourth-order valence-corrected chi connectivity index (χ4v) is 3.28. The molecule has 17 heavy (non-hydrogen) atoms. The number of nitrogens with two attached hydrogens (primary N) is 1. The Morgan fingerprint density at radius 2 is 2.29 bits per heavy atom. The number of H-pyrrole nitrogens is 1. The molecule has 96 valence electrons. The van der Waals surface area contributed by atoms with Crippen molar-refractivity contribution in [1.29, 1.82) is 0 Å². The average Bonchev–Trinajstić information content (AvgIpc) is 2.64. The van der Waals surface area contributed by atoms with Crippen LogP contribution in [0.25, 0.3) is 0 Å². The maximum absolute atomic E-state index is 12.0. The first-order chi connectivity index (χ1) is 7.75. The molecule has 7 nitrogen and oxygen atoms in total. The van der Waals surface area contributed by atoms with Crippen LogP contribution in [0.5, 0.6) is 0 Å². The lowest BCUT2D eigenvalue weighted by Crippen LogP contribution is -2.61. The number of aromatic amines is 1. The summed E-state index contributed by atoms with van der Waals surface area (Å²) >= 11 is 0. The van der Waals surface area contributed by atoms with Crippen molar-refractivity contribution >= 4 is 15.8 Å². The van der Waals surface area contributed by atoms with Gasteiger partial charge in [-0.25, -0.2) is 13.1 Å². The number of anilines is 1. The summed E-state index contributed by atoms with van der Waals surface area (Å²) in [6.45, 7) is 3.63. The Kier molecular flexibility index (Phi) is 2.68. The van der Waals surface area contributed by atoms with Crippen LogP contribution in [0.3, 0.4) is 0 Å². The second-order valence-electron chi connectivity index (χ2n) is 4.89. The van der Waals surface area contributed by atoms with E-state index in [-0.39, 0.29) is 16.8 Å². The van der Waals surface area contributed by atoms with Gasteiger partial charge in [0.2, 0.25) is 10.0 Å². The zero-order valence-electron chi connectivity index (χ0n) is 9.64. The SMILES string of the molecule is CC1(C)C(O)CC1NS(=O)(=O)c1cn[nH]c1N. The number of nitrogens with one attached hydrogen (secondary N) is 2. The summed E-state index contributed by atoms with van der Waals surface area (Å²) < 4.78 is 26.5. The van der Waals surface area contributed by atoms with E-state index >= 15 is 0 Å². The summed E-state index contributed by atoms with van der Waals surface area (Å²) in [5.41, 5.74) is 5.00. The minimum Gasteiger partial charge on any atom is -0.392 e. The normalized spacial score (nSPS) is 27.7. The molecule has 0 spiro atoms. The molecular weight excluding hydrogens is 244 g/mol. The molecule has 1 aromatic heterocycles. The van der Waals surface area contributed by atoms with Crippen LogP contribution in [0.4, 0.5) is 5.82 Å². The highest BCUT2D eigenvalue weighted by molar-refractivity contribution is 7.89. The molecule has 1 aromatic rings. The van der Waals surface area contributed by atoms with Crippen LogP contribution < -0.4 is 10.5 Å². The first-order valence-electron chi connectivity index (χ1n) is 5.24. The van der Waals surface area contributed by atoms with Gasteiger partial charge in [0.25, 0.3) is 0 Å². The number of nitrogens with zero attached hydrogens (tertiary/aromatic N) is 1. The fourth-order valence-electron chi connectivity index (χ4n) is 1.85. The summed E-state index contributed by atoms with van der Waals surface area (Å²) in [6, 6.07) is -0.295. The molecule has 0 radical (unpaired) electrons. The van der Waals surface area contributed by atoms with Crippen molar-refractivity contribution in [2.75, 3.05) is 5.73 Å². The Labute approximate surface area is 99.5 Å². The van der Waals surface area contributed by atoms with Gasteiger partial charge in [-0.3, -0.25) is 5.10 Å². The molecule has 0 saturated heterocycles. The molecule has 2 unspecified atom stereocenters. The van der Waals surface area contributed by atoms with Crippen molar-refractivity contribution in [2.45, 2.75) is 37.3 Å². The Bertz CT molecular complexity index is 522. The van der Waals surface area contributed by atoms with E-state index in [9.17, 15) is 13.5 Å². The minimum absolute atomic E-state index is 0.00942. The lowest BCUT2D eigenvalue weighted by molar-refractivity contribution is -0.0645. The third kappa shape index (κ3) is 1.92. The monoisotopic (exact) mass is 260 g/mol. The Hall–Kier alpha value is -1.12. The topological polar surface area (TPSA) is 121 Å². The van der Waals surface area contributed by atoms with Gasteiger partial charge in [0, 0.05) is 11.5 Å². The van der Waals surface area contributed by atoms with Crippen LogP contribution in [-0.4, -0.2) is 35.9 Å². The molecule has 1 saturated carbocycles. The lowest BCUT2D eigenvalue weighted by atomic mass is 9.65. The molecule has 8 heteroatoms. The largest absolute Gasteiger partial charge is 0.392 e. The van der Waals surface area contributed by atoms with Crippen LogP contribution in [0, 0.1) is 5.41 Å². The third-order valence-electron chi connectivity index (χ3n) is 3.44. The number of rotatable bonds is 3. The second kappa shape index (κ2) is 3.69.